The molecule has 0 saturated heterocycles. The van der Waals surface area contributed by atoms with E-state index < -0.39 is 5.60 Å². The first-order valence-electron chi connectivity index (χ1n) is 9.22. The summed E-state index contributed by atoms with van der Waals surface area (Å²) in [4.78, 5) is 12.1. The minimum absolute atomic E-state index is 0.187. The van der Waals surface area contributed by atoms with Crippen LogP contribution in [0.2, 0.25) is 0 Å². The molecule has 0 fully saturated rings. The van der Waals surface area contributed by atoms with Gasteiger partial charge in [-0.3, -0.25) is 9.36 Å². The number of aromatic nitrogens is 3. The maximum absolute atomic E-state index is 12.1. The van der Waals surface area contributed by atoms with E-state index in [1.54, 1.807) is 0 Å². The number of hydrogen-bond acceptors (Lipinski definition) is 5. The van der Waals surface area contributed by atoms with Crippen LogP contribution in [0.25, 0.3) is 5.69 Å². The molecule has 0 spiro atoms. The second-order valence-electron chi connectivity index (χ2n) is 7.61. The van der Waals surface area contributed by atoms with E-state index in [4.69, 9.17) is 4.74 Å². The molecule has 28 heavy (non-hydrogen) atoms. The van der Waals surface area contributed by atoms with Crippen molar-refractivity contribution in [2.24, 2.45) is 0 Å². The zero-order chi connectivity index (χ0) is 20.1. The van der Waals surface area contributed by atoms with Gasteiger partial charge in [-0.05, 0) is 51.0 Å². The number of ether oxygens (including phenoxy) is 1. The van der Waals surface area contributed by atoms with E-state index in [9.17, 15) is 4.79 Å². The second kappa shape index (κ2) is 8.61. The van der Waals surface area contributed by atoms with E-state index in [-0.39, 0.29) is 11.7 Å². The summed E-state index contributed by atoms with van der Waals surface area (Å²) in [6.07, 6.45) is 0.661. The molecule has 0 saturated carbocycles. The number of benzene rings is 2. The van der Waals surface area contributed by atoms with Gasteiger partial charge in [-0.1, -0.05) is 54.2 Å². The van der Waals surface area contributed by atoms with Crippen molar-refractivity contribution in [3.63, 3.8) is 0 Å². The largest absolute Gasteiger partial charge is 0.459 e. The molecule has 6 heteroatoms. The van der Waals surface area contributed by atoms with E-state index in [0.29, 0.717) is 11.6 Å². The summed E-state index contributed by atoms with van der Waals surface area (Å²) in [7, 11) is 0. The zero-order valence-electron chi connectivity index (χ0n) is 16.7. The normalized spacial score (nSPS) is 11.4. The first-order chi connectivity index (χ1) is 13.3. The average molecular weight is 396 g/mol. The third kappa shape index (κ3) is 5.45. The maximum atomic E-state index is 12.1. The number of carbonyl (C=O) groups excluding carboxylic acids is 1. The van der Waals surface area contributed by atoms with E-state index in [1.807, 2.05) is 55.7 Å². The maximum Gasteiger partial charge on any atom is 0.316 e. The van der Waals surface area contributed by atoms with Crippen molar-refractivity contribution in [3.05, 3.63) is 71.5 Å². The summed E-state index contributed by atoms with van der Waals surface area (Å²) in [5.74, 6) is 0.761. The molecule has 3 aromatic rings. The molecule has 0 unspecified atom stereocenters. The molecule has 1 aromatic heterocycles. The SMILES string of the molecule is Cc1cccc(-n2c(Cc3ccccc3)nnc2SCC(=O)OC(C)(C)C)c1. The lowest BCUT2D eigenvalue weighted by Crippen LogP contribution is -2.25. The van der Waals surface area contributed by atoms with Crippen molar-refractivity contribution in [2.45, 2.75) is 44.9 Å². The molecule has 0 aliphatic carbocycles. The van der Waals surface area contributed by atoms with Crippen LogP contribution in [0.4, 0.5) is 0 Å². The monoisotopic (exact) mass is 395 g/mol. The first-order valence-corrected chi connectivity index (χ1v) is 10.2. The molecular formula is C22H25N3O2S. The minimum Gasteiger partial charge on any atom is -0.459 e. The Kier molecular flexibility index (Phi) is 6.19. The molecule has 2 aromatic carbocycles. The Morgan fingerprint density at radius 3 is 2.50 bits per heavy atom. The Morgan fingerprint density at radius 2 is 1.82 bits per heavy atom. The molecule has 0 radical (unpaired) electrons. The van der Waals surface area contributed by atoms with Gasteiger partial charge in [0.2, 0.25) is 0 Å². The quantitative estimate of drug-likeness (QED) is 0.451. The summed E-state index contributed by atoms with van der Waals surface area (Å²) >= 11 is 1.34. The van der Waals surface area contributed by atoms with Crippen LogP contribution < -0.4 is 0 Å². The highest BCUT2D eigenvalue weighted by atomic mass is 32.2. The molecule has 0 bridgehead atoms. The van der Waals surface area contributed by atoms with Gasteiger partial charge in [-0.2, -0.15) is 0 Å². The molecule has 0 amide bonds. The molecule has 0 atom stereocenters. The Morgan fingerprint density at radius 1 is 1.07 bits per heavy atom. The number of hydrogen-bond donors (Lipinski definition) is 0. The van der Waals surface area contributed by atoms with Crippen molar-refractivity contribution in [1.29, 1.82) is 0 Å². The third-order valence-corrected chi connectivity index (χ3v) is 4.81. The highest BCUT2D eigenvalue weighted by Crippen LogP contribution is 2.24. The van der Waals surface area contributed by atoms with Crippen LogP contribution in [0.15, 0.2) is 59.8 Å². The fraction of sp³-hybridized carbons (Fsp3) is 0.318. The predicted molar refractivity (Wildman–Crippen MR) is 112 cm³/mol. The zero-order valence-corrected chi connectivity index (χ0v) is 17.5. The van der Waals surface area contributed by atoms with Crippen molar-refractivity contribution >= 4 is 17.7 Å². The van der Waals surface area contributed by atoms with Crippen LogP contribution in [0, 0.1) is 6.92 Å². The van der Waals surface area contributed by atoms with Gasteiger partial charge in [0.25, 0.3) is 0 Å². The van der Waals surface area contributed by atoms with E-state index >= 15 is 0 Å². The molecule has 0 N–H and O–H groups in total. The number of aryl methyl sites for hydroxylation is 1. The number of nitrogens with zero attached hydrogens (tertiary/aromatic N) is 3. The van der Waals surface area contributed by atoms with Crippen molar-refractivity contribution in [1.82, 2.24) is 14.8 Å². The molecule has 146 valence electrons. The third-order valence-electron chi connectivity index (χ3n) is 3.90. The van der Waals surface area contributed by atoms with Gasteiger partial charge < -0.3 is 4.74 Å². The fourth-order valence-electron chi connectivity index (χ4n) is 2.81. The number of rotatable bonds is 6. The fourth-order valence-corrected chi connectivity index (χ4v) is 3.55. The van der Waals surface area contributed by atoms with Crippen LogP contribution in [0.5, 0.6) is 0 Å². The van der Waals surface area contributed by atoms with Crippen LogP contribution in [-0.2, 0) is 16.0 Å². The Balaban J connectivity index is 1.88. The van der Waals surface area contributed by atoms with Crippen LogP contribution >= 0.6 is 11.8 Å². The van der Waals surface area contributed by atoms with Crippen molar-refractivity contribution in [3.8, 4) is 5.69 Å². The summed E-state index contributed by atoms with van der Waals surface area (Å²) in [5.41, 5.74) is 2.80. The van der Waals surface area contributed by atoms with Gasteiger partial charge in [0.05, 0.1) is 5.75 Å². The van der Waals surface area contributed by atoms with Gasteiger partial charge in [0, 0.05) is 12.1 Å². The van der Waals surface area contributed by atoms with Gasteiger partial charge in [-0.25, -0.2) is 0 Å². The molecule has 5 nitrogen and oxygen atoms in total. The summed E-state index contributed by atoms with van der Waals surface area (Å²) in [6, 6.07) is 18.4. The van der Waals surface area contributed by atoms with Crippen LogP contribution in [0.1, 0.15) is 37.7 Å². The summed E-state index contributed by atoms with van der Waals surface area (Å²) in [5, 5.41) is 9.45. The lowest BCUT2D eigenvalue weighted by molar-refractivity contribution is -0.151. The lowest BCUT2D eigenvalue weighted by atomic mass is 10.1. The van der Waals surface area contributed by atoms with Gasteiger partial charge >= 0.3 is 5.97 Å². The molecule has 3 rings (SSSR count). The molecule has 0 aliphatic heterocycles. The predicted octanol–water partition coefficient (Wildman–Crippen LogP) is 4.60. The number of carbonyl (C=O) groups is 1. The Hall–Kier alpha value is -2.60. The van der Waals surface area contributed by atoms with E-state index in [2.05, 4.69) is 41.4 Å². The highest BCUT2D eigenvalue weighted by Gasteiger charge is 2.20. The van der Waals surface area contributed by atoms with Crippen molar-refractivity contribution < 1.29 is 9.53 Å². The van der Waals surface area contributed by atoms with E-state index in [0.717, 1.165) is 22.6 Å². The highest BCUT2D eigenvalue weighted by molar-refractivity contribution is 7.99. The summed E-state index contributed by atoms with van der Waals surface area (Å²) < 4.78 is 7.43. The average Bonchev–Trinajstić information content (AvgIpc) is 3.02. The summed E-state index contributed by atoms with van der Waals surface area (Å²) in [6.45, 7) is 7.65. The Bertz CT molecular complexity index is 946. The molecular weight excluding hydrogens is 370 g/mol. The smallest absolute Gasteiger partial charge is 0.316 e. The number of thioether (sulfide) groups is 1. The topological polar surface area (TPSA) is 57.0 Å². The first kappa shape index (κ1) is 20.1. The lowest BCUT2D eigenvalue weighted by Gasteiger charge is -2.19. The molecule has 0 aliphatic rings. The van der Waals surface area contributed by atoms with Crippen molar-refractivity contribution in [2.75, 3.05) is 5.75 Å². The van der Waals surface area contributed by atoms with Crippen LogP contribution in [0.3, 0.4) is 0 Å². The van der Waals surface area contributed by atoms with Gasteiger partial charge in [-0.15, -0.1) is 10.2 Å². The standard InChI is InChI=1S/C22H25N3O2S/c1-16-9-8-12-18(13-16)25-19(14-17-10-6-5-7-11-17)23-24-21(25)28-15-20(26)27-22(2,3)4/h5-13H,14-15H2,1-4H3. The molecule has 1 heterocycles. The van der Waals surface area contributed by atoms with Gasteiger partial charge in [0.15, 0.2) is 5.16 Å². The van der Waals surface area contributed by atoms with Crippen LogP contribution in [-0.4, -0.2) is 32.1 Å². The van der Waals surface area contributed by atoms with E-state index in [1.165, 1.54) is 11.8 Å². The Labute approximate surface area is 170 Å². The second-order valence-corrected chi connectivity index (χ2v) is 8.55. The van der Waals surface area contributed by atoms with Gasteiger partial charge in [0.1, 0.15) is 11.4 Å². The minimum atomic E-state index is -0.500. The number of esters is 1.